The van der Waals surface area contributed by atoms with Crippen molar-refractivity contribution in [3.05, 3.63) is 0 Å². The summed E-state index contributed by atoms with van der Waals surface area (Å²) in [4.78, 5) is 37.9. The first-order chi connectivity index (χ1) is 29.5. The molecule has 0 fully saturated rings. The molecule has 0 unspecified atom stereocenters. The number of ether oxygens (including phenoxy) is 3. The highest BCUT2D eigenvalue weighted by molar-refractivity contribution is 5.71. The van der Waals surface area contributed by atoms with Crippen LogP contribution in [0, 0.1) is 0 Å². The van der Waals surface area contributed by atoms with E-state index in [1.54, 1.807) is 0 Å². The maximum Gasteiger partial charge on any atom is 0.306 e. The van der Waals surface area contributed by atoms with Gasteiger partial charge in [-0.15, -0.1) is 0 Å². The molecule has 0 radical (unpaired) electrons. The van der Waals surface area contributed by atoms with Gasteiger partial charge in [0.2, 0.25) is 0 Å². The molecule has 356 valence electrons. The number of hydrogen-bond donors (Lipinski definition) is 0. The minimum atomic E-state index is -0.759. The van der Waals surface area contributed by atoms with Crippen LogP contribution in [0.25, 0.3) is 0 Å². The van der Waals surface area contributed by atoms with Gasteiger partial charge < -0.3 is 14.2 Å². The lowest BCUT2D eigenvalue weighted by molar-refractivity contribution is -0.167. The standard InChI is InChI=1S/C54H104O6/c1-4-7-10-13-16-19-22-24-25-26-27-28-29-30-33-35-38-41-44-47-53(56)59-50-51(60-54(57)48-45-42-39-36-31-21-18-15-12-9-6-3)49-58-52(55)46-43-40-37-34-32-23-20-17-14-11-8-5-2/h51H,4-50H2,1-3H3/t51-/m1/s1. The third-order valence-corrected chi connectivity index (χ3v) is 12.4. The van der Waals surface area contributed by atoms with Crippen molar-refractivity contribution >= 4 is 17.9 Å². The van der Waals surface area contributed by atoms with Gasteiger partial charge >= 0.3 is 17.9 Å². The van der Waals surface area contributed by atoms with Crippen LogP contribution in [0.3, 0.4) is 0 Å². The first-order valence-corrected chi connectivity index (χ1v) is 27.0. The number of carbonyl (C=O) groups is 3. The van der Waals surface area contributed by atoms with Crippen molar-refractivity contribution in [3.63, 3.8) is 0 Å². The summed E-state index contributed by atoms with van der Waals surface area (Å²) in [7, 11) is 0. The maximum absolute atomic E-state index is 12.8. The summed E-state index contributed by atoms with van der Waals surface area (Å²) in [6.45, 7) is 6.68. The summed E-state index contributed by atoms with van der Waals surface area (Å²) in [6, 6.07) is 0. The van der Waals surface area contributed by atoms with Crippen molar-refractivity contribution < 1.29 is 28.6 Å². The lowest BCUT2D eigenvalue weighted by Gasteiger charge is -2.18. The van der Waals surface area contributed by atoms with Crippen LogP contribution >= 0.6 is 0 Å². The lowest BCUT2D eigenvalue weighted by atomic mass is 10.0. The Hall–Kier alpha value is -1.59. The van der Waals surface area contributed by atoms with Gasteiger partial charge in [-0.3, -0.25) is 14.4 Å². The molecule has 0 heterocycles. The maximum atomic E-state index is 12.8. The Bertz CT molecular complexity index is 889. The third kappa shape index (κ3) is 47.5. The van der Waals surface area contributed by atoms with Gasteiger partial charge in [-0.1, -0.05) is 271 Å². The molecule has 0 aromatic carbocycles. The molecule has 0 rings (SSSR count). The van der Waals surface area contributed by atoms with Gasteiger partial charge in [0.05, 0.1) is 0 Å². The predicted molar refractivity (Wildman–Crippen MR) is 257 cm³/mol. The van der Waals surface area contributed by atoms with E-state index in [-0.39, 0.29) is 31.1 Å². The van der Waals surface area contributed by atoms with Crippen LogP contribution in [0.4, 0.5) is 0 Å². The molecule has 0 aliphatic rings. The molecule has 0 aliphatic heterocycles. The zero-order chi connectivity index (χ0) is 43.7. The zero-order valence-electron chi connectivity index (χ0n) is 40.8. The van der Waals surface area contributed by atoms with Crippen LogP contribution in [0.15, 0.2) is 0 Å². The molecule has 0 spiro atoms. The smallest absolute Gasteiger partial charge is 0.306 e. The Kier molecular flexibility index (Phi) is 48.7. The Balaban J connectivity index is 4.22. The highest BCUT2D eigenvalue weighted by atomic mass is 16.6. The number of hydrogen-bond acceptors (Lipinski definition) is 6. The van der Waals surface area contributed by atoms with Crippen molar-refractivity contribution in [1.82, 2.24) is 0 Å². The van der Waals surface area contributed by atoms with E-state index >= 15 is 0 Å². The molecule has 0 bridgehead atoms. The molecule has 0 saturated carbocycles. The molecule has 1 atom stereocenters. The van der Waals surface area contributed by atoms with Crippen molar-refractivity contribution in [2.24, 2.45) is 0 Å². The van der Waals surface area contributed by atoms with E-state index in [0.29, 0.717) is 19.3 Å². The summed E-state index contributed by atoms with van der Waals surface area (Å²) in [5.74, 6) is -0.840. The van der Waals surface area contributed by atoms with Gasteiger partial charge in [0.1, 0.15) is 13.2 Å². The molecule has 0 N–H and O–H groups in total. The van der Waals surface area contributed by atoms with E-state index in [9.17, 15) is 14.4 Å². The largest absolute Gasteiger partial charge is 0.462 e. The monoisotopic (exact) mass is 849 g/mol. The molecule has 6 nitrogen and oxygen atoms in total. The second-order valence-corrected chi connectivity index (χ2v) is 18.5. The Morgan fingerprint density at radius 3 is 0.667 bits per heavy atom. The fourth-order valence-electron chi connectivity index (χ4n) is 8.27. The molecule has 0 amide bonds. The minimum absolute atomic E-state index is 0.0617. The van der Waals surface area contributed by atoms with E-state index in [1.165, 1.54) is 212 Å². The molecule has 0 aromatic rings. The first-order valence-electron chi connectivity index (χ1n) is 27.0. The zero-order valence-corrected chi connectivity index (χ0v) is 40.8. The highest BCUT2D eigenvalue weighted by Crippen LogP contribution is 2.17. The average molecular weight is 849 g/mol. The van der Waals surface area contributed by atoms with Gasteiger partial charge in [-0.05, 0) is 19.3 Å². The van der Waals surface area contributed by atoms with Crippen molar-refractivity contribution in [2.45, 2.75) is 316 Å². The number of esters is 3. The highest BCUT2D eigenvalue weighted by Gasteiger charge is 2.19. The fourth-order valence-corrected chi connectivity index (χ4v) is 8.27. The molecule has 0 aliphatic carbocycles. The van der Waals surface area contributed by atoms with E-state index in [1.807, 2.05) is 0 Å². The molecule has 6 heteroatoms. The number of rotatable bonds is 50. The van der Waals surface area contributed by atoms with Gasteiger partial charge in [-0.2, -0.15) is 0 Å². The van der Waals surface area contributed by atoms with E-state index in [0.717, 1.165) is 57.8 Å². The summed E-state index contributed by atoms with van der Waals surface area (Å²) in [5, 5.41) is 0. The molecule has 0 aromatic heterocycles. The van der Waals surface area contributed by atoms with Crippen molar-refractivity contribution in [3.8, 4) is 0 Å². The van der Waals surface area contributed by atoms with Crippen molar-refractivity contribution in [1.29, 1.82) is 0 Å². The van der Waals surface area contributed by atoms with Gasteiger partial charge in [0, 0.05) is 19.3 Å². The average Bonchev–Trinajstić information content (AvgIpc) is 3.24. The fraction of sp³-hybridized carbons (Fsp3) is 0.944. The van der Waals surface area contributed by atoms with E-state index in [4.69, 9.17) is 14.2 Å². The SMILES string of the molecule is CCCCCCCCCCCCCCCCCCCCCC(=O)OC[C@@H](COC(=O)CCCCCCCCCCCCCC)OC(=O)CCCCCCCCCCCCC. The topological polar surface area (TPSA) is 78.9 Å². The Morgan fingerprint density at radius 1 is 0.267 bits per heavy atom. The van der Waals surface area contributed by atoms with Gasteiger partial charge in [0.15, 0.2) is 6.10 Å². The lowest BCUT2D eigenvalue weighted by Crippen LogP contribution is -2.30. The predicted octanol–water partition coefficient (Wildman–Crippen LogP) is 17.6. The van der Waals surface area contributed by atoms with Crippen molar-refractivity contribution in [2.75, 3.05) is 13.2 Å². The number of carbonyl (C=O) groups excluding carboxylic acids is 3. The molecular formula is C54H104O6. The summed E-state index contributed by atoms with van der Waals surface area (Å²) >= 11 is 0. The second kappa shape index (κ2) is 50.1. The molecule has 0 saturated heterocycles. The number of unbranched alkanes of at least 4 members (excludes halogenated alkanes) is 39. The first kappa shape index (κ1) is 58.4. The Morgan fingerprint density at radius 2 is 0.450 bits per heavy atom. The second-order valence-electron chi connectivity index (χ2n) is 18.5. The summed E-state index contributed by atoms with van der Waals surface area (Å²) < 4.78 is 16.8. The van der Waals surface area contributed by atoms with Crippen LogP contribution in [-0.4, -0.2) is 37.2 Å². The quantitative estimate of drug-likeness (QED) is 0.0345. The summed E-state index contributed by atoms with van der Waals surface area (Å²) in [5.41, 5.74) is 0. The third-order valence-electron chi connectivity index (χ3n) is 12.4. The Labute approximate surface area is 374 Å². The van der Waals surface area contributed by atoms with E-state index < -0.39 is 6.10 Å². The van der Waals surface area contributed by atoms with E-state index in [2.05, 4.69) is 20.8 Å². The minimum Gasteiger partial charge on any atom is -0.462 e. The van der Waals surface area contributed by atoms with Crippen LogP contribution in [0.5, 0.6) is 0 Å². The molecule has 60 heavy (non-hydrogen) atoms. The van der Waals surface area contributed by atoms with Crippen LogP contribution < -0.4 is 0 Å². The molecular weight excluding hydrogens is 745 g/mol. The normalized spacial score (nSPS) is 11.8. The van der Waals surface area contributed by atoms with Gasteiger partial charge in [0.25, 0.3) is 0 Å². The van der Waals surface area contributed by atoms with Crippen LogP contribution in [0.2, 0.25) is 0 Å². The van der Waals surface area contributed by atoms with Gasteiger partial charge in [-0.25, -0.2) is 0 Å². The summed E-state index contributed by atoms with van der Waals surface area (Å²) in [6.07, 6.45) is 53.8. The van der Waals surface area contributed by atoms with Crippen LogP contribution in [-0.2, 0) is 28.6 Å². The van der Waals surface area contributed by atoms with Crippen LogP contribution in [0.1, 0.15) is 310 Å².